The summed E-state index contributed by atoms with van der Waals surface area (Å²) in [6.07, 6.45) is 6.23. The van der Waals surface area contributed by atoms with Crippen molar-refractivity contribution in [2.45, 2.75) is 38.0 Å². The molecule has 1 fully saturated rings. The highest BCUT2D eigenvalue weighted by Crippen LogP contribution is 2.40. The largest absolute Gasteiger partial charge is 0.389 e. The summed E-state index contributed by atoms with van der Waals surface area (Å²) in [5.74, 6) is 0.109. The van der Waals surface area contributed by atoms with Crippen LogP contribution in [0, 0.1) is 5.82 Å². The minimum atomic E-state index is -0.420. The van der Waals surface area contributed by atoms with Crippen LogP contribution in [0.3, 0.4) is 0 Å². The van der Waals surface area contributed by atoms with Gasteiger partial charge in [-0.1, -0.05) is 30.9 Å². The van der Waals surface area contributed by atoms with Gasteiger partial charge in [0.25, 0.3) is 0 Å². The van der Waals surface area contributed by atoms with E-state index < -0.39 is 5.82 Å². The molecule has 2 aromatic rings. The second-order valence-electron chi connectivity index (χ2n) is 5.23. The van der Waals surface area contributed by atoms with E-state index in [1.165, 1.54) is 38.2 Å². The van der Waals surface area contributed by atoms with Crippen molar-refractivity contribution in [3.8, 4) is 11.3 Å². The summed E-state index contributed by atoms with van der Waals surface area (Å²) >= 11 is 7.39. The Bertz CT molecular complexity index is 620. The molecule has 0 bridgehead atoms. The molecule has 2 N–H and O–H groups in total. The molecule has 0 unspecified atom stereocenters. The van der Waals surface area contributed by atoms with Gasteiger partial charge in [0.15, 0.2) is 0 Å². The minimum absolute atomic E-state index is 0.106. The Morgan fingerprint density at radius 1 is 1.25 bits per heavy atom. The lowest BCUT2D eigenvalue weighted by molar-refractivity contribution is 0.442. The maximum absolute atomic E-state index is 13.2. The molecule has 0 amide bonds. The number of nitrogens with two attached hydrogens (primary N) is 1. The number of aromatic nitrogens is 1. The van der Waals surface area contributed by atoms with Gasteiger partial charge in [-0.05, 0) is 31.0 Å². The number of rotatable bonds is 2. The van der Waals surface area contributed by atoms with E-state index in [0.717, 1.165) is 16.3 Å². The van der Waals surface area contributed by atoms with Gasteiger partial charge >= 0.3 is 0 Å². The van der Waals surface area contributed by atoms with Crippen molar-refractivity contribution < 1.29 is 4.39 Å². The van der Waals surface area contributed by atoms with Crippen LogP contribution in [-0.2, 0) is 0 Å². The molecule has 20 heavy (non-hydrogen) atoms. The number of halogens is 2. The molecule has 1 aliphatic carbocycles. The van der Waals surface area contributed by atoms with Crippen LogP contribution in [0.5, 0.6) is 0 Å². The van der Waals surface area contributed by atoms with Gasteiger partial charge in [-0.25, -0.2) is 9.37 Å². The summed E-state index contributed by atoms with van der Waals surface area (Å²) in [5.41, 5.74) is 7.61. The number of nitrogen functional groups attached to an aromatic ring is 1. The third-order valence-corrected chi connectivity index (χ3v) is 5.15. The average molecular weight is 311 g/mol. The Balaban J connectivity index is 1.93. The van der Waals surface area contributed by atoms with E-state index in [1.807, 2.05) is 0 Å². The van der Waals surface area contributed by atoms with Crippen LogP contribution < -0.4 is 5.73 Å². The lowest BCUT2D eigenvalue weighted by Crippen LogP contribution is -2.03. The van der Waals surface area contributed by atoms with Crippen LogP contribution in [0.4, 0.5) is 9.39 Å². The fourth-order valence-electron chi connectivity index (χ4n) is 2.72. The average Bonchev–Trinajstić information content (AvgIpc) is 2.85. The molecule has 0 radical (unpaired) electrons. The Hall–Kier alpha value is -1.13. The number of thiazole rings is 1. The third-order valence-electron chi connectivity index (χ3n) is 3.82. The Morgan fingerprint density at radius 3 is 2.70 bits per heavy atom. The highest BCUT2D eigenvalue weighted by Gasteiger charge is 2.21. The van der Waals surface area contributed by atoms with Crippen LogP contribution in [-0.4, -0.2) is 4.98 Å². The van der Waals surface area contributed by atoms with Crippen molar-refractivity contribution in [2.24, 2.45) is 0 Å². The zero-order valence-electron chi connectivity index (χ0n) is 11.0. The number of anilines is 1. The van der Waals surface area contributed by atoms with Crippen molar-refractivity contribution in [3.63, 3.8) is 0 Å². The first-order valence-electron chi connectivity index (χ1n) is 6.87. The second-order valence-corrected chi connectivity index (χ2v) is 6.70. The Labute approximate surface area is 126 Å². The van der Waals surface area contributed by atoms with Gasteiger partial charge in [0.1, 0.15) is 16.5 Å². The Kier molecular flexibility index (Phi) is 3.94. The first kappa shape index (κ1) is 13.8. The first-order chi connectivity index (χ1) is 9.65. The van der Waals surface area contributed by atoms with Gasteiger partial charge in [-0.2, -0.15) is 0 Å². The van der Waals surface area contributed by atoms with Crippen molar-refractivity contribution in [1.82, 2.24) is 4.98 Å². The second kappa shape index (κ2) is 5.70. The summed E-state index contributed by atoms with van der Waals surface area (Å²) in [4.78, 5) is 4.69. The van der Waals surface area contributed by atoms with Gasteiger partial charge in [0.2, 0.25) is 0 Å². The SMILES string of the molecule is Nc1sc(C2CCCCC2)nc1-c1ccc(F)c(Cl)c1. The smallest absolute Gasteiger partial charge is 0.141 e. The molecule has 3 rings (SSSR count). The Morgan fingerprint density at radius 2 is 2.00 bits per heavy atom. The summed E-state index contributed by atoms with van der Waals surface area (Å²) in [7, 11) is 0. The van der Waals surface area contributed by atoms with Crippen LogP contribution in [0.25, 0.3) is 11.3 Å². The van der Waals surface area contributed by atoms with E-state index in [1.54, 1.807) is 23.5 Å². The molecule has 0 saturated heterocycles. The molecule has 0 atom stereocenters. The standard InChI is InChI=1S/C15H16ClFN2S/c16-11-8-10(6-7-12(11)17)13-14(18)20-15(19-13)9-4-2-1-3-5-9/h6-9H,1-5,18H2. The van der Waals surface area contributed by atoms with Crippen molar-refractivity contribution in [1.29, 1.82) is 0 Å². The molecule has 106 valence electrons. The molecule has 1 heterocycles. The van der Waals surface area contributed by atoms with Crippen LogP contribution in [0.15, 0.2) is 18.2 Å². The highest BCUT2D eigenvalue weighted by atomic mass is 35.5. The molecule has 1 saturated carbocycles. The fourth-order valence-corrected chi connectivity index (χ4v) is 3.93. The maximum Gasteiger partial charge on any atom is 0.141 e. The van der Waals surface area contributed by atoms with Gasteiger partial charge < -0.3 is 5.73 Å². The van der Waals surface area contributed by atoms with Gasteiger partial charge in [0.05, 0.1) is 10.0 Å². The van der Waals surface area contributed by atoms with Crippen LogP contribution >= 0.6 is 22.9 Å². The number of nitrogens with zero attached hydrogens (tertiary/aromatic N) is 1. The molecule has 1 aliphatic rings. The summed E-state index contributed by atoms with van der Waals surface area (Å²) in [5, 5.41) is 1.90. The van der Waals surface area contributed by atoms with Crippen molar-refractivity contribution >= 4 is 27.9 Å². The number of benzene rings is 1. The summed E-state index contributed by atoms with van der Waals surface area (Å²) in [6.45, 7) is 0. The zero-order chi connectivity index (χ0) is 14.1. The summed E-state index contributed by atoms with van der Waals surface area (Å²) < 4.78 is 13.2. The topological polar surface area (TPSA) is 38.9 Å². The van der Waals surface area contributed by atoms with Crippen LogP contribution in [0.2, 0.25) is 5.02 Å². The zero-order valence-corrected chi connectivity index (χ0v) is 12.6. The lowest BCUT2D eigenvalue weighted by atomic mass is 9.90. The molecule has 0 aliphatic heterocycles. The lowest BCUT2D eigenvalue weighted by Gasteiger charge is -2.18. The van der Waals surface area contributed by atoms with Gasteiger partial charge in [-0.3, -0.25) is 0 Å². The fraction of sp³-hybridized carbons (Fsp3) is 0.400. The van der Waals surface area contributed by atoms with E-state index in [9.17, 15) is 4.39 Å². The molecule has 1 aromatic heterocycles. The molecule has 2 nitrogen and oxygen atoms in total. The third kappa shape index (κ3) is 2.67. The van der Waals surface area contributed by atoms with E-state index in [-0.39, 0.29) is 5.02 Å². The molecular formula is C15H16ClFN2S. The first-order valence-corrected chi connectivity index (χ1v) is 8.06. The molecule has 0 spiro atoms. The quantitative estimate of drug-likeness (QED) is 0.824. The predicted octanol–water partition coefficient (Wildman–Crippen LogP) is 5.23. The van der Waals surface area contributed by atoms with Gasteiger partial charge in [0, 0.05) is 11.5 Å². The van der Waals surface area contributed by atoms with Crippen molar-refractivity contribution in [3.05, 3.63) is 34.0 Å². The maximum atomic E-state index is 13.2. The minimum Gasteiger partial charge on any atom is -0.389 e. The molecular weight excluding hydrogens is 295 g/mol. The number of hydrogen-bond acceptors (Lipinski definition) is 3. The normalized spacial score (nSPS) is 16.5. The van der Waals surface area contributed by atoms with E-state index in [2.05, 4.69) is 4.98 Å². The van der Waals surface area contributed by atoms with Gasteiger partial charge in [-0.15, -0.1) is 11.3 Å². The number of hydrogen-bond donors (Lipinski definition) is 1. The highest BCUT2D eigenvalue weighted by molar-refractivity contribution is 7.16. The van der Waals surface area contributed by atoms with Crippen LogP contribution in [0.1, 0.15) is 43.0 Å². The summed E-state index contributed by atoms with van der Waals surface area (Å²) in [6, 6.07) is 4.63. The van der Waals surface area contributed by atoms with E-state index >= 15 is 0 Å². The monoisotopic (exact) mass is 310 g/mol. The molecule has 5 heteroatoms. The van der Waals surface area contributed by atoms with Crippen molar-refractivity contribution in [2.75, 3.05) is 5.73 Å². The van der Waals surface area contributed by atoms with E-state index in [4.69, 9.17) is 17.3 Å². The predicted molar refractivity (Wildman–Crippen MR) is 82.8 cm³/mol. The molecule has 1 aromatic carbocycles. The van der Waals surface area contributed by atoms with E-state index in [0.29, 0.717) is 10.9 Å².